The number of piperidine rings is 1. The van der Waals surface area contributed by atoms with Crippen LogP contribution in [-0.4, -0.2) is 34.1 Å². The molecule has 0 aliphatic carbocycles. The number of hydrogen-bond donors (Lipinski definition) is 2. The van der Waals surface area contributed by atoms with Gasteiger partial charge < -0.3 is 10.4 Å². The molecule has 2 aromatic carbocycles. The molecule has 2 heterocycles. The van der Waals surface area contributed by atoms with Crippen molar-refractivity contribution >= 4 is 22.4 Å². The van der Waals surface area contributed by atoms with Crippen molar-refractivity contribution in [2.24, 2.45) is 0 Å². The van der Waals surface area contributed by atoms with Gasteiger partial charge in [-0.05, 0) is 48.5 Å². The van der Waals surface area contributed by atoms with E-state index in [-0.39, 0.29) is 0 Å². The Morgan fingerprint density at radius 2 is 2.04 bits per heavy atom. The number of aromatic hydroxyl groups is 1. The Kier molecular flexibility index (Phi) is 5.58. The van der Waals surface area contributed by atoms with Crippen LogP contribution in [0.15, 0.2) is 54.9 Å². The molecule has 1 fully saturated rings. The molecular weight excluding hydrogens is 358 g/mol. The van der Waals surface area contributed by atoms with Crippen LogP contribution in [-0.2, 0) is 13.1 Å². The number of pyridine rings is 1. The zero-order valence-electron chi connectivity index (χ0n) is 15.2. The van der Waals surface area contributed by atoms with Gasteiger partial charge in [-0.15, -0.1) is 0 Å². The van der Waals surface area contributed by atoms with E-state index < -0.39 is 0 Å². The molecule has 0 spiro atoms. The van der Waals surface area contributed by atoms with E-state index in [1.807, 2.05) is 24.5 Å². The van der Waals surface area contributed by atoms with E-state index in [9.17, 15) is 5.11 Å². The van der Waals surface area contributed by atoms with Crippen molar-refractivity contribution in [1.29, 1.82) is 0 Å². The van der Waals surface area contributed by atoms with Crippen LogP contribution in [0, 0.1) is 0 Å². The molecule has 1 aromatic heterocycles. The molecule has 1 unspecified atom stereocenters. The van der Waals surface area contributed by atoms with Crippen molar-refractivity contribution in [2.75, 3.05) is 13.1 Å². The second-order valence-electron chi connectivity index (χ2n) is 7.25. The predicted molar refractivity (Wildman–Crippen MR) is 110 cm³/mol. The highest BCUT2D eigenvalue weighted by Crippen LogP contribution is 2.24. The van der Waals surface area contributed by atoms with Gasteiger partial charge in [0, 0.05) is 54.0 Å². The van der Waals surface area contributed by atoms with Crippen molar-refractivity contribution in [1.82, 2.24) is 15.2 Å². The molecule has 0 saturated carbocycles. The van der Waals surface area contributed by atoms with Gasteiger partial charge in [-0.2, -0.15) is 0 Å². The first-order chi connectivity index (χ1) is 13.2. The highest BCUT2D eigenvalue weighted by Gasteiger charge is 2.20. The molecule has 3 aromatic rings. The van der Waals surface area contributed by atoms with Gasteiger partial charge in [0.2, 0.25) is 0 Å². The quantitative estimate of drug-likeness (QED) is 0.689. The van der Waals surface area contributed by atoms with Gasteiger partial charge in [-0.3, -0.25) is 9.88 Å². The Morgan fingerprint density at radius 3 is 2.96 bits per heavy atom. The van der Waals surface area contributed by atoms with E-state index in [0.29, 0.717) is 16.8 Å². The highest BCUT2D eigenvalue weighted by molar-refractivity contribution is 6.30. The van der Waals surface area contributed by atoms with Crippen LogP contribution in [0.25, 0.3) is 10.8 Å². The normalized spacial score (nSPS) is 18.0. The summed E-state index contributed by atoms with van der Waals surface area (Å²) in [5.41, 5.74) is 2.12. The molecule has 2 N–H and O–H groups in total. The van der Waals surface area contributed by atoms with Crippen LogP contribution in [0.1, 0.15) is 24.0 Å². The van der Waals surface area contributed by atoms with Gasteiger partial charge in [0.25, 0.3) is 0 Å². The molecule has 0 bridgehead atoms. The highest BCUT2D eigenvalue weighted by atomic mass is 35.5. The number of rotatable bonds is 5. The minimum atomic E-state index is 0.316. The monoisotopic (exact) mass is 381 g/mol. The maximum atomic E-state index is 10.1. The average Bonchev–Trinajstić information content (AvgIpc) is 2.69. The number of nitrogens with one attached hydrogen (secondary N) is 1. The van der Waals surface area contributed by atoms with Crippen molar-refractivity contribution in [2.45, 2.75) is 32.0 Å². The van der Waals surface area contributed by atoms with Crippen LogP contribution >= 0.6 is 11.6 Å². The van der Waals surface area contributed by atoms with Crippen molar-refractivity contribution in [3.63, 3.8) is 0 Å². The molecule has 1 atom stereocenters. The molecular formula is C22H24ClN3O. The zero-order chi connectivity index (χ0) is 18.6. The minimum Gasteiger partial charge on any atom is -0.508 e. The summed E-state index contributed by atoms with van der Waals surface area (Å²) >= 11 is 6.08. The van der Waals surface area contributed by atoms with Gasteiger partial charge in [-0.1, -0.05) is 35.9 Å². The van der Waals surface area contributed by atoms with Gasteiger partial charge >= 0.3 is 0 Å². The second-order valence-corrected chi connectivity index (χ2v) is 7.68. The third kappa shape index (κ3) is 4.41. The Hall–Kier alpha value is -2.14. The first-order valence-corrected chi connectivity index (χ1v) is 9.81. The third-order valence-corrected chi connectivity index (χ3v) is 5.51. The fraction of sp³-hybridized carbons (Fsp3) is 0.318. The second kappa shape index (κ2) is 8.26. The van der Waals surface area contributed by atoms with E-state index in [1.165, 1.54) is 16.3 Å². The number of fused-ring (bicyclic) bond motifs is 1. The topological polar surface area (TPSA) is 48.4 Å². The van der Waals surface area contributed by atoms with Crippen molar-refractivity contribution < 1.29 is 5.11 Å². The van der Waals surface area contributed by atoms with E-state index in [2.05, 4.69) is 33.4 Å². The summed E-state index contributed by atoms with van der Waals surface area (Å²) in [6.07, 6.45) is 6.18. The molecule has 1 saturated heterocycles. The summed E-state index contributed by atoms with van der Waals surface area (Å²) in [5.74, 6) is 0.316. The average molecular weight is 382 g/mol. The lowest BCUT2D eigenvalue weighted by molar-refractivity contribution is 0.181. The largest absolute Gasteiger partial charge is 0.508 e. The number of aromatic nitrogens is 1. The molecule has 0 radical (unpaired) electrons. The molecule has 0 amide bonds. The zero-order valence-corrected chi connectivity index (χ0v) is 16.0. The number of benzene rings is 2. The van der Waals surface area contributed by atoms with E-state index in [4.69, 9.17) is 11.6 Å². The number of hydrogen-bond acceptors (Lipinski definition) is 4. The maximum Gasteiger partial charge on any atom is 0.120 e. The molecule has 4 rings (SSSR count). The van der Waals surface area contributed by atoms with Crippen LogP contribution < -0.4 is 5.32 Å². The van der Waals surface area contributed by atoms with Crippen molar-refractivity contribution in [3.05, 3.63) is 71.0 Å². The Balaban J connectivity index is 1.39. The van der Waals surface area contributed by atoms with Gasteiger partial charge in [0.15, 0.2) is 0 Å². The first-order valence-electron chi connectivity index (χ1n) is 9.44. The standard InChI is InChI=1S/C22H24ClN3O/c23-19-7-8-22(27)17(10-19)14-26-9-3-5-20(15-26)25-13-18-12-24-11-16-4-1-2-6-21(16)18/h1-2,4,6-8,10-12,20,25,27H,3,5,9,13-15H2. The van der Waals surface area contributed by atoms with E-state index in [1.54, 1.807) is 12.1 Å². The smallest absolute Gasteiger partial charge is 0.120 e. The van der Waals surface area contributed by atoms with Crippen LogP contribution in [0.4, 0.5) is 0 Å². The molecule has 5 heteroatoms. The summed E-state index contributed by atoms with van der Waals surface area (Å²) < 4.78 is 0. The predicted octanol–water partition coefficient (Wildman–Crippen LogP) is 4.35. The number of halogens is 1. The lowest BCUT2D eigenvalue weighted by Crippen LogP contribution is -2.45. The van der Waals surface area contributed by atoms with Crippen LogP contribution in [0.2, 0.25) is 5.02 Å². The number of phenols is 1. The lowest BCUT2D eigenvalue weighted by atomic mass is 10.0. The van der Waals surface area contributed by atoms with E-state index in [0.717, 1.165) is 44.6 Å². The summed E-state index contributed by atoms with van der Waals surface area (Å²) in [7, 11) is 0. The Bertz CT molecular complexity index is 925. The summed E-state index contributed by atoms with van der Waals surface area (Å²) in [5, 5.41) is 16.9. The fourth-order valence-electron chi connectivity index (χ4n) is 3.86. The Morgan fingerprint density at radius 1 is 1.15 bits per heavy atom. The third-order valence-electron chi connectivity index (χ3n) is 5.27. The molecule has 1 aliphatic rings. The summed E-state index contributed by atoms with van der Waals surface area (Å²) in [6, 6.07) is 14.1. The number of nitrogens with zero attached hydrogens (tertiary/aromatic N) is 2. The molecule has 4 nitrogen and oxygen atoms in total. The maximum absolute atomic E-state index is 10.1. The summed E-state index contributed by atoms with van der Waals surface area (Å²) in [4.78, 5) is 6.76. The molecule has 27 heavy (non-hydrogen) atoms. The number of likely N-dealkylation sites (tertiary alicyclic amines) is 1. The molecule has 140 valence electrons. The fourth-order valence-corrected chi connectivity index (χ4v) is 4.06. The lowest BCUT2D eigenvalue weighted by Gasteiger charge is -2.33. The first kappa shape index (κ1) is 18.2. The summed E-state index contributed by atoms with van der Waals surface area (Å²) in [6.45, 7) is 3.54. The minimum absolute atomic E-state index is 0.316. The van der Waals surface area contributed by atoms with Crippen LogP contribution in [0.3, 0.4) is 0 Å². The van der Waals surface area contributed by atoms with Gasteiger partial charge in [-0.25, -0.2) is 0 Å². The molecule has 1 aliphatic heterocycles. The van der Waals surface area contributed by atoms with Gasteiger partial charge in [0.05, 0.1) is 0 Å². The number of phenolic OH excluding ortho intramolecular Hbond substituents is 1. The Labute approximate surface area is 164 Å². The van der Waals surface area contributed by atoms with Crippen LogP contribution in [0.5, 0.6) is 5.75 Å². The van der Waals surface area contributed by atoms with Crippen molar-refractivity contribution in [3.8, 4) is 5.75 Å². The van der Waals surface area contributed by atoms with Gasteiger partial charge in [0.1, 0.15) is 5.75 Å². The SMILES string of the molecule is Oc1ccc(Cl)cc1CN1CCCC(NCc2cncc3ccccc23)C1. The van der Waals surface area contributed by atoms with E-state index >= 15 is 0 Å².